The van der Waals surface area contributed by atoms with Crippen LogP contribution in [0.5, 0.6) is 0 Å². The van der Waals surface area contributed by atoms with E-state index in [-0.39, 0.29) is 17.3 Å². The molecule has 0 saturated carbocycles. The third-order valence-corrected chi connectivity index (χ3v) is 3.41. The molecule has 0 radical (unpaired) electrons. The maximum absolute atomic E-state index is 12.4. The lowest BCUT2D eigenvalue weighted by Gasteiger charge is -2.27. The predicted octanol–water partition coefficient (Wildman–Crippen LogP) is 2.12. The number of carbonyl (C=O) groups is 1. The zero-order valence-electron chi connectivity index (χ0n) is 12.4. The van der Waals surface area contributed by atoms with Crippen LogP contribution in [0.3, 0.4) is 0 Å². The summed E-state index contributed by atoms with van der Waals surface area (Å²) >= 11 is 0. The van der Waals surface area contributed by atoms with E-state index in [1.54, 1.807) is 11.0 Å². The van der Waals surface area contributed by atoms with Crippen molar-refractivity contribution in [1.29, 1.82) is 0 Å². The number of hydrogen-bond donors (Lipinski definition) is 0. The molecule has 0 aliphatic carbocycles. The molecule has 0 atom stereocenters. The summed E-state index contributed by atoms with van der Waals surface area (Å²) in [4.78, 5) is 22.0. The van der Waals surface area contributed by atoms with E-state index in [0.29, 0.717) is 13.2 Å². The van der Waals surface area contributed by atoms with E-state index >= 15 is 0 Å². The minimum atomic E-state index is -0.312. The molecule has 1 aliphatic rings. The van der Waals surface area contributed by atoms with Crippen LogP contribution in [0.4, 0.5) is 0 Å². The summed E-state index contributed by atoms with van der Waals surface area (Å²) < 4.78 is 1.68. The van der Waals surface area contributed by atoms with Crippen LogP contribution < -0.4 is 0 Å². The molecule has 0 unspecified atom stereocenters. The number of nitrogens with zero attached hydrogens (tertiary/aromatic N) is 4. The Morgan fingerprint density at radius 3 is 2.62 bits per heavy atom. The van der Waals surface area contributed by atoms with Crippen LogP contribution >= 0.6 is 0 Å². The third-order valence-electron chi connectivity index (χ3n) is 3.41. The normalized spacial score (nSPS) is 14.9. The molecule has 110 valence electrons. The van der Waals surface area contributed by atoms with Gasteiger partial charge < -0.3 is 0 Å². The number of fused-ring (bicyclic) bond motifs is 1. The molecule has 1 aromatic heterocycles. The van der Waals surface area contributed by atoms with E-state index in [4.69, 9.17) is 4.84 Å². The van der Waals surface area contributed by atoms with Gasteiger partial charge >= 0.3 is 5.91 Å². The molecule has 0 fully saturated rings. The van der Waals surface area contributed by atoms with Crippen molar-refractivity contribution in [3.05, 3.63) is 47.5 Å². The molecule has 2 heterocycles. The lowest BCUT2D eigenvalue weighted by atomic mass is 10.1. The van der Waals surface area contributed by atoms with Crippen molar-refractivity contribution in [2.45, 2.75) is 39.5 Å². The fourth-order valence-electron chi connectivity index (χ4n) is 2.13. The van der Waals surface area contributed by atoms with Crippen molar-refractivity contribution >= 4 is 5.91 Å². The Morgan fingerprint density at radius 1 is 1.24 bits per heavy atom. The first-order valence-corrected chi connectivity index (χ1v) is 6.89. The van der Waals surface area contributed by atoms with Crippen molar-refractivity contribution in [2.75, 3.05) is 0 Å². The van der Waals surface area contributed by atoms with E-state index in [2.05, 4.69) is 10.1 Å². The molecule has 6 nitrogen and oxygen atoms in total. The van der Waals surface area contributed by atoms with Gasteiger partial charge in [-0.2, -0.15) is 0 Å². The molecule has 6 heteroatoms. The first kappa shape index (κ1) is 13.8. The summed E-state index contributed by atoms with van der Waals surface area (Å²) in [6.45, 7) is 6.82. The maximum atomic E-state index is 12.4. The fraction of sp³-hybridized carbons (Fsp3) is 0.400. The Hall–Kier alpha value is -2.21. The highest BCUT2D eigenvalue weighted by Crippen LogP contribution is 2.21. The van der Waals surface area contributed by atoms with Gasteiger partial charge in [0.15, 0.2) is 0 Å². The predicted molar refractivity (Wildman–Crippen MR) is 76.1 cm³/mol. The van der Waals surface area contributed by atoms with E-state index in [1.807, 2.05) is 45.0 Å². The van der Waals surface area contributed by atoms with Crippen LogP contribution in [0.25, 0.3) is 0 Å². The second kappa shape index (κ2) is 4.96. The number of benzene rings is 1. The topological polar surface area (TPSA) is 60.2 Å². The highest BCUT2D eigenvalue weighted by molar-refractivity contribution is 5.89. The summed E-state index contributed by atoms with van der Waals surface area (Å²) in [6.07, 6.45) is 1.57. The summed E-state index contributed by atoms with van der Waals surface area (Å²) in [5.74, 6) is -0.156. The van der Waals surface area contributed by atoms with Gasteiger partial charge in [-0.05, 0) is 31.9 Å². The van der Waals surface area contributed by atoms with Crippen LogP contribution in [0.2, 0.25) is 0 Å². The van der Waals surface area contributed by atoms with Gasteiger partial charge in [0, 0.05) is 0 Å². The summed E-state index contributed by atoms with van der Waals surface area (Å²) in [7, 11) is 0. The minimum absolute atomic E-state index is 0.157. The molecular formula is C15H18N4O2. The average molecular weight is 286 g/mol. The van der Waals surface area contributed by atoms with Gasteiger partial charge in [0.25, 0.3) is 0 Å². The summed E-state index contributed by atoms with van der Waals surface area (Å²) in [5.41, 5.74) is 1.99. The molecule has 1 aliphatic heterocycles. The Balaban J connectivity index is 1.79. The van der Waals surface area contributed by atoms with Gasteiger partial charge in [-0.25, -0.2) is 14.7 Å². The van der Waals surface area contributed by atoms with Gasteiger partial charge in [-0.3, -0.25) is 9.63 Å². The van der Waals surface area contributed by atoms with E-state index in [1.165, 1.54) is 5.06 Å². The summed E-state index contributed by atoms with van der Waals surface area (Å²) in [6, 6.07) is 7.93. The van der Waals surface area contributed by atoms with Gasteiger partial charge in [-0.15, -0.1) is 5.10 Å². The Morgan fingerprint density at radius 2 is 1.95 bits per heavy atom. The number of carbonyl (C=O) groups excluding carboxylic acids is 1. The van der Waals surface area contributed by atoms with Crippen LogP contribution in [0, 0.1) is 0 Å². The zero-order chi connectivity index (χ0) is 15.0. The average Bonchev–Trinajstić information content (AvgIpc) is 2.96. The molecule has 1 amide bonds. The van der Waals surface area contributed by atoms with Crippen LogP contribution in [-0.2, 0) is 23.5 Å². The number of hydrogen-bond acceptors (Lipinski definition) is 4. The maximum Gasteiger partial charge on any atom is 0.317 e. The van der Waals surface area contributed by atoms with Crippen molar-refractivity contribution in [2.24, 2.45) is 0 Å². The second-order valence-corrected chi connectivity index (χ2v) is 6.07. The van der Waals surface area contributed by atoms with E-state index < -0.39 is 0 Å². The van der Waals surface area contributed by atoms with Crippen LogP contribution in [0.15, 0.2) is 30.6 Å². The number of rotatable bonds is 1. The lowest BCUT2D eigenvalue weighted by Crippen LogP contribution is -2.35. The zero-order valence-corrected chi connectivity index (χ0v) is 12.4. The number of amides is 1. The van der Waals surface area contributed by atoms with Crippen molar-refractivity contribution in [3.8, 4) is 0 Å². The lowest BCUT2D eigenvalue weighted by molar-refractivity contribution is -0.150. The van der Waals surface area contributed by atoms with Crippen LogP contribution in [0.1, 0.15) is 42.5 Å². The molecule has 3 rings (SSSR count). The molecule has 1 aromatic carbocycles. The van der Waals surface area contributed by atoms with Crippen molar-refractivity contribution in [3.63, 3.8) is 0 Å². The first-order valence-electron chi connectivity index (χ1n) is 6.89. The number of hydroxylamine groups is 2. The SMILES string of the molecule is CC(C)(C)n1cnc(C(=O)N2Cc3ccccc3CO2)n1. The van der Waals surface area contributed by atoms with E-state index in [0.717, 1.165) is 11.1 Å². The fourth-order valence-corrected chi connectivity index (χ4v) is 2.13. The smallest absolute Gasteiger partial charge is 0.265 e. The molecule has 2 aromatic rings. The van der Waals surface area contributed by atoms with E-state index in [9.17, 15) is 4.79 Å². The third kappa shape index (κ3) is 2.67. The monoisotopic (exact) mass is 286 g/mol. The Bertz CT molecular complexity index is 672. The van der Waals surface area contributed by atoms with Gasteiger partial charge in [-0.1, -0.05) is 24.3 Å². The molecule has 0 N–H and O–H groups in total. The Labute approximate surface area is 123 Å². The second-order valence-electron chi connectivity index (χ2n) is 6.07. The minimum Gasteiger partial charge on any atom is -0.265 e. The van der Waals surface area contributed by atoms with Crippen LogP contribution in [-0.4, -0.2) is 25.7 Å². The van der Waals surface area contributed by atoms with Crippen molar-refractivity contribution < 1.29 is 9.63 Å². The quantitative estimate of drug-likeness (QED) is 0.805. The van der Waals surface area contributed by atoms with Gasteiger partial charge in [0.05, 0.1) is 12.1 Å². The number of aromatic nitrogens is 3. The molecule has 0 bridgehead atoms. The highest BCUT2D eigenvalue weighted by atomic mass is 16.7. The molecule has 0 spiro atoms. The molecular weight excluding hydrogens is 268 g/mol. The highest BCUT2D eigenvalue weighted by Gasteiger charge is 2.26. The molecule has 21 heavy (non-hydrogen) atoms. The van der Waals surface area contributed by atoms with Gasteiger partial charge in [0.2, 0.25) is 5.82 Å². The van der Waals surface area contributed by atoms with Gasteiger partial charge in [0.1, 0.15) is 12.9 Å². The first-order chi connectivity index (χ1) is 9.95. The Kier molecular flexibility index (Phi) is 3.25. The standard InChI is InChI=1S/C15H18N4O2/c1-15(2,3)19-10-16-13(17-19)14(20)18-8-11-6-4-5-7-12(11)9-21-18/h4-7,10H,8-9H2,1-3H3. The molecule has 0 saturated heterocycles. The van der Waals surface area contributed by atoms with Crippen molar-refractivity contribution in [1.82, 2.24) is 19.8 Å². The summed E-state index contributed by atoms with van der Waals surface area (Å²) in [5, 5.41) is 5.57. The largest absolute Gasteiger partial charge is 0.317 e.